The van der Waals surface area contributed by atoms with E-state index in [0.29, 0.717) is 18.6 Å². The van der Waals surface area contributed by atoms with Gasteiger partial charge < -0.3 is 14.6 Å². The Balaban J connectivity index is 2.14. The highest BCUT2D eigenvalue weighted by molar-refractivity contribution is 5.57. The number of hydrogen-bond donors (Lipinski definition) is 1. The van der Waals surface area contributed by atoms with E-state index in [9.17, 15) is 14.9 Å². The van der Waals surface area contributed by atoms with Gasteiger partial charge in [0.25, 0.3) is 5.69 Å². The lowest BCUT2D eigenvalue weighted by Crippen LogP contribution is -2.20. The minimum atomic E-state index is -1.35. The van der Waals surface area contributed by atoms with Gasteiger partial charge in [-0.25, -0.2) is 4.79 Å². The first-order valence-electron chi connectivity index (χ1n) is 5.33. The van der Waals surface area contributed by atoms with Crippen molar-refractivity contribution in [2.45, 2.75) is 18.6 Å². The van der Waals surface area contributed by atoms with Gasteiger partial charge in [-0.15, -0.1) is 0 Å². The highest BCUT2D eigenvalue weighted by atomic mass is 16.7. The molecular weight excluding hydrogens is 242 g/mol. The largest absolute Gasteiger partial charge is 0.506 e. The maximum atomic E-state index is 10.5. The Morgan fingerprint density at radius 2 is 2.11 bits per heavy atom. The molecule has 0 amide bonds. The van der Waals surface area contributed by atoms with Crippen molar-refractivity contribution in [1.82, 2.24) is 0 Å². The molecule has 1 aromatic rings. The third-order valence-corrected chi connectivity index (χ3v) is 2.72. The van der Waals surface area contributed by atoms with Gasteiger partial charge in [-0.3, -0.25) is 10.1 Å². The molecule has 2 rings (SSSR count). The van der Waals surface area contributed by atoms with E-state index in [1.807, 2.05) is 0 Å². The van der Waals surface area contributed by atoms with Crippen LogP contribution in [0.4, 0.5) is 10.5 Å². The molecule has 1 saturated heterocycles. The number of rotatable bonds is 3. The summed E-state index contributed by atoms with van der Waals surface area (Å²) in [6.07, 6.45) is -1.93. The molecule has 1 unspecified atom stereocenters. The molecule has 1 heterocycles. The summed E-state index contributed by atoms with van der Waals surface area (Å²) in [6.45, 7) is 0.402. The Kier molecular flexibility index (Phi) is 3.42. The number of non-ortho nitro benzene ring substituents is 1. The molecule has 0 aromatic heterocycles. The maximum Gasteiger partial charge on any atom is 0.506 e. The Morgan fingerprint density at radius 1 is 1.44 bits per heavy atom. The van der Waals surface area contributed by atoms with Gasteiger partial charge in [0.15, 0.2) is 0 Å². The van der Waals surface area contributed by atoms with E-state index < -0.39 is 23.3 Å². The normalized spacial score (nSPS) is 22.7. The average molecular weight is 253 g/mol. The number of nitro groups is 1. The first-order chi connectivity index (χ1) is 8.58. The second kappa shape index (κ2) is 5.01. The van der Waals surface area contributed by atoms with Crippen molar-refractivity contribution >= 4 is 11.8 Å². The van der Waals surface area contributed by atoms with Crippen molar-refractivity contribution in [3.63, 3.8) is 0 Å². The van der Waals surface area contributed by atoms with E-state index in [1.54, 1.807) is 12.1 Å². The molecule has 1 aliphatic rings. The highest BCUT2D eigenvalue weighted by Crippen LogP contribution is 2.32. The standard InChI is InChI=1S/C11H11NO6/c13-11(14)18-9-5-6-17-10(9)7-1-3-8(4-2-7)12(15)16/h1-4,9-10H,5-6H2,(H,13,14)/t9?,10-/m1/s1. The summed E-state index contributed by atoms with van der Waals surface area (Å²) < 4.78 is 10.1. The molecule has 1 fully saturated rings. The number of ether oxygens (including phenoxy) is 2. The van der Waals surface area contributed by atoms with Crippen LogP contribution in [0.5, 0.6) is 0 Å². The summed E-state index contributed by atoms with van der Waals surface area (Å²) in [5, 5.41) is 19.1. The van der Waals surface area contributed by atoms with Crippen LogP contribution < -0.4 is 0 Å². The van der Waals surface area contributed by atoms with Crippen molar-refractivity contribution in [3.8, 4) is 0 Å². The number of nitro benzene ring substituents is 1. The van der Waals surface area contributed by atoms with Gasteiger partial charge in [0.2, 0.25) is 0 Å². The van der Waals surface area contributed by atoms with Crippen molar-refractivity contribution in [2.24, 2.45) is 0 Å². The molecule has 0 spiro atoms. The van der Waals surface area contributed by atoms with Gasteiger partial charge in [-0.1, -0.05) is 0 Å². The Labute approximate surface area is 102 Å². The summed E-state index contributed by atoms with van der Waals surface area (Å²) in [4.78, 5) is 20.5. The molecule has 0 bridgehead atoms. The third-order valence-electron chi connectivity index (χ3n) is 2.72. The fourth-order valence-electron chi connectivity index (χ4n) is 1.92. The molecule has 96 valence electrons. The van der Waals surface area contributed by atoms with Crippen molar-refractivity contribution in [1.29, 1.82) is 0 Å². The number of benzene rings is 1. The third kappa shape index (κ3) is 2.57. The first kappa shape index (κ1) is 12.3. The van der Waals surface area contributed by atoms with Crippen LogP contribution >= 0.6 is 0 Å². The Bertz CT molecular complexity index is 457. The van der Waals surface area contributed by atoms with E-state index in [2.05, 4.69) is 0 Å². The monoisotopic (exact) mass is 253 g/mol. The minimum absolute atomic E-state index is 0.0209. The van der Waals surface area contributed by atoms with E-state index in [0.717, 1.165) is 0 Å². The van der Waals surface area contributed by atoms with Gasteiger partial charge in [0.05, 0.1) is 11.5 Å². The lowest BCUT2D eigenvalue weighted by Gasteiger charge is -2.17. The minimum Gasteiger partial charge on any atom is -0.450 e. The average Bonchev–Trinajstić information content (AvgIpc) is 2.76. The second-order valence-electron chi connectivity index (χ2n) is 3.85. The number of nitrogens with zero attached hydrogens (tertiary/aromatic N) is 1. The van der Waals surface area contributed by atoms with E-state index in [4.69, 9.17) is 14.6 Å². The van der Waals surface area contributed by atoms with Gasteiger partial charge >= 0.3 is 6.16 Å². The van der Waals surface area contributed by atoms with Crippen LogP contribution in [0, 0.1) is 10.1 Å². The Morgan fingerprint density at radius 3 is 2.67 bits per heavy atom. The molecule has 0 saturated carbocycles. The van der Waals surface area contributed by atoms with Crippen molar-refractivity contribution < 1.29 is 24.3 Å². The van der Waals surface area contributed by atoms with Gasteiger partial charge in [0.1, 0.15) is 12.2 Å². The van der Waals surface area contributed by atoms with Gasteiger partial charge in [-0.2, -0.15) is 0 Å². The molecule has 2 atom stereocenters. The van der Waals surface area contributed by atoms with Crippen LogP contribution in [-0.4, -0.2) is 28.9 Å². The summed E-state index contributed by atoms with van der Waals surface area (Å²) in [7, 11) is 0. The lowest BCUT2D eigenvalue weighted by molar-refractivity contribution is -0.384. The molecule has 0 radical (unpaired) electrons. The van der Waals surface area contributed by atoms with Crippen molar-refractivity contribution in [2.75, 3.05) is 6.61 Å². The smallest absolute Gasteiger partial charge is 0.450 e. The summed E-state index contributed by atoms with van der Waals surface area (Å²) in [5.74, 6) is 0. The van der Waals surface area contributed by atoms with Gasteiger partial charge in [0, 0.05) is 18.6 Å². The number of carboxylic acid groups (broad SMARTS) is 1. The van der Waals surface area contributed by atoms with E-state index >= 15 is 0 Å². The quantitative estimate of drug-likeness (QED) is 0.503. The van der Waals surface area contributed by atoms with E-state index in [-0.39, 0.29) is 5.69 Å². The molecular formula is C11H11NO6. The van der Waals surface area contributed by atoms with E-state index in [1.165, 1.54) is 12.1 Å². The second-order valence-corrected chi connectivity index (χ2v) is 3.85. The highest BCUT2D eigenvalue weighted by Gasteiger charge is 2.33. The zero-order valence-electron chi connectivity index (χ0n) is 9.31. The number of hydrogen-bond acceptors (Lipinski definition) is 5. The predicted molar refractivity (Wildman–Crippen MR) is 59.3 cm³/mol. The van der Waals surface area contributed by atoms with Crippen LogP contribution in [0.15, 0.2) is 24.3 Å². The summed E-state index contributed by atoms with van der Waals surface area (Å²) in [6, 6.07) is 5.81. The first-order valence-corrected chi connectivity index (χ1v) is 5.33. The lowest BCUT2D eigenvalue weighted by atomic mass is 10.0. The zero-order chi connectivity index (χ0) is 13.1. The van der Waals surface area contributed by atoms with Gasteiger partial charge in [-0.05, 0) is 17.7 Å². The molecule has 7 nitrogen and oxygen atoms in total. The topological polar surface area (TPSA) is 98.9 Å². The summed E-state index contributed by atoms with van der Waals surface area (Å²) >= 11 is 0. The maximum absolute atomic E-state index is 10.5. The predicted octanol–water partition coefficient (Wildman–Crippen LogP) is 2.12. The van der Waals surface area contributed by atoms with Crippen LogP contribution in [0.2, 0.25) is 0 Å². The van der Waals surface area contributed by atoms with Crippen LogP contribution in [0.1, 0.15) is 18.1 Å². The van der Waals surface area contributed by atoms with Crippen LogP contribution in [-0.2, 0) is 9.47 Å². The zero-order valence-corrected chi connectivity index (χ0v) is 9.31. The van der Waals surface area contributed by atoms with Crippen LogP contribution in [0.3, 0.4) is 0 Å². The molecule has 0 aliphatic carbocycles. The van der Waals surface area contributed by atoms with Crippen LogP contribution in [0.25, 0.3) is 0 Å². The fourth-order valence-corrected chi connectivity index (χ4v) is 1.92. The SMILES string of the molecule is O=C(O)OC1CCO[C@@H]1c1ccc([N+](=O)[O-])cc1. The molecule has 1 aliphatic heterocycles. The molecule has 18 heavy (non-hydrogen) atoms. The fraction of sp³-hybridized carbons (Fsp3) is 0.364. The molecule has 1 N–H and O–H groups in total. The van der Waals surface area contributed by atoms with Crippen molar-refractivity contribution in [3.05, 3.63) is 39.9 Å². The molecule has 7 heteroatoms. The Hall–Kier alpha value is -2.15. The number of carbonyl (C=O) groups is 1. The summed E-state index contributed by atoms with van der Waals surface area (Å²) in [5.41, 5.74) is 0.650. The molecule has 1 aromatic carbocycles.